The van der Waals surface area contributed by atoms with Crippen molar-refractivity contribution in [1.82, 2.24) is 10.0 Å². The van der Waals surface area contributed by atoms with Crippen LogP contribution in [0.2, 0.25) is 0 Å². The van der Waals surface area contributed by atoms with Gasteiger partial charge in [0, 0.05) is 12.1 Å². The van der Waals surface area contributed by atoms with Gasteiger partial charge in [-0.2, -0.15) is 0 Å². The summed E-state index contributed by atoms with van der Waals surface area (Å²) in [7, 11) is -1.03. The van der Waals surface area contributed by atoms with Crippen LogP contribution in [0.25, 0.3) is 0 Å². The van der Waals surface area contributed by atoms with Crippen LogP contribution in [-0.4, -0.2) is 41.6 Å². The molecule has 126 valence electrons. The molecular weight excluding hydrogens is 330 g/mol. The van der Waals surface area contributed by atoms with Gasteiger partial charge < -0.3 is 15.8 Å². The lowest BCUT2D eigenvalue weighted by Crippen LogP contribution is -2.26. The van der Waals surface area contributed by atoms with Crippen LogP contribution in [0.3, 0.4) is 0 Å². The summed E-state index contributed by atoms with van der Waals surface area (Å²) < 4.78 is 31.1. The van der Waals surface area contributed by atoms with Crippen LogP contribution >= 0.6 is 12.4 Å². The van der Waals surface area contributed by atoms with Crippen molar-refractivity contribution in [2.45, 2.75) is 17.7 Å². The molecule has 1 aromatic carbocycles. The summed E-state index contributed by atoms with van der Waals surface area (Å²) in [5.74, 6) is -0.147. The molecule has 0 aliphatic carbocycles. The third-order valence-corrected chi connectivity index (χ3v) is 4.34. The summed E-state index contributed by atoms with van der Waals surface area (Å²) in [6.07, 6.45) is 1.60. The molecule has 22 heavy (non-hydrogen) atoms. The van der Waals surface area contributed by atoms with Crippen molar-refractivity contribution in [1.29, 1.82) is 0 Å². The van der Waals surface area contributed by atoms with E-state index in [9.17, 15) is 13.2 Å². The zero-order chi connectivity index (χ0) is 15.9. The number of ether oxygens (including phenoxy) is 1. The second kappa shape index (κ2) is 9.62. The van der Waals surface area contributed by atoms with E-state index < -0.39 is 10.0 Å². The van der Waals surface area contributed by atoms with Gasteiger partial charge in [-0.3, -0.25) is 4.79 Å². The van der Waals surface area contributed by atoms with Gasteiger partial charge in [0.2, 0.25) is 10.0 Å². The highest BCUT2D eigenvalue weighted by molar-refractivity contribution is 7.89. The van der Waals surface area contributed by atoms with Crippen LogP contribution in [-0.2, 0) is 10.0 Å². The Morgan fingerprint density at radius 1 is 1.32 bits per heavy atom. The lowest BCUT2D eigenvalue weighted by molar-refractivity contribution is 0.0953. The number of amides is 1. The molecule has 0 saturated carbocycles. The number of carbonyl (C=O) groups excluding carboxylic acids is 1. The standard InChI is InChI=1S/C13H21N3O4S.ClH/c1-15-21(18,19)12-9-10(5-6-11(12)20-2)13(17)16-8-4-3-7-14;/h5-6,9,15H,3-4,7-8,14H2,1-2H3,(H,16,17);1H. The molecule has 0 radical (unpaired) electrons. The minimum absolute atomic E-state index is 0. The second-order valence-electron chi connectivity index (χ2n) is 4.32. The van der Waals surface area contributed by atoms with Crippen LogP contribution in [0.1, 0.15) is 23.2 Å². The Kier molecular flexibility index (Phi) is 9.03. The average molecular weight is 352 g/mol. The van der Waals surface area contributed by atoms with Gasteiger partial charge in [0.25, 0.3) is 5.91 Å². The molecule has 0 unspecified atom stereocenters. The fraction of sp³-hybridized carbons (Fsp3) is 0.462. The van der Waals surface area contributed by atoms with E-state index >= 15 is 0 Å². The summed E-state index contributed by atoms with van der Waals surface area (Å²) >= 11 is 0. The van der Waals surface area contributed by atoms with Crippen molar-refractivity contribution in [3.63, 3.8) is 0 Å². The van der Waals surface area contributed by atoms with E-state index in [1.54, 1.807) is 0 Å². The second-order valence-corrected chi connectivity index (χ2v) is 6.18. The normalized spacial score (nSPS) is 10.7. The minimum atomic E-state index is -3.70. The predicted octanol–water partition coefficient (Wildman–Crippen LogP) is 0.494. The molecule has 0 atom stereocenters. The lowest BCUT2D eigenvalue weighted by atomic mass is 10.2. The maximum Gasteiger partial charge on any atom is 0.251 e. The van der Waals surface area contributed by atoms with Crippen LogP contribution in [0, 0.1) is 0 Å². The highest BCUT2D eigenvalue weighted by Gasteiger charge is 2.19. The van der Waals surface area contributed by atoms with Crippen molar-refractivity contribution in [2.24, 2.45) is 5.73 Å². The molecule has 1 aromatic rings. The van der Waals surface area contributed by atoms with E-state index in [1.165, 1.54) is 32.4 Å². The van der Waals surface area contributed by atoms with Crippen molar-refractivity contribution >= 4 is 28.3 Å². The molecule has 0 bridgehead atoms. The van der Waals surface area contributed by atoms with E-state index in [4.69, 9.17) is 10.5 Å². The third-order valence-electron chi connectivity index (χ3n) is 2.90. The third kappa shape index (κ3) is 5.45. The Bertz CT molecular complexity index is 593. The number of hydrogen-bond acceptors (Lipinski definition) is 5. The van der Waals surface area contributed by atoms with Crippen LogP contribution in [0.5, 0.6) is 5.75 Å². The van der Waals surface area contributed by atoms with Gasteiger partial charge in [-0.25, -0.2) is 13.1 Å². The number of unbranched alkanes of at least 4 members (excludes halogenated alkanes) is 1. The Hall–Kier alpha value is -1.35. The Balaban J connectivity index is 0.00000441. The molecule has 1 rings (SSSR count). The highest BCUT2D eigenvalue weighted by Crippen LogP contribution is 2.24. The number of methoxy groups -OCH3 is 1. The van der Waals surface area contributed by atoms with E-state index in [1.807, 2.05) is 0 Å². The molecule has 4 N–H and O–H groups in total. The van der Waals surface area contributed by atoms with Crippen molar-refractivity contribution in [3.05, 3.63) is 23.8 Å². The highest BCUT2D eigenvalue weighted by atomic mass is 35.5. The van der Waals surface area contributed by atoms with Crippen molar-refractivity contribution in [3.8, 4) is 5.75 Å². The number of carbonyl (C=O) groups is 1. The molecule has 7 nitrogen and oxygen atoms in total. The first kappa shape index (κ1) is 20.6. The largest absolute Gasteiger partial charge is 0.495 e. The first-order valence-corrected chi connectivity index (χ1v) is 8.04. The number of benzene rings is 1. The molecule has 0 fully saturated rings. The zero-order valence-electron chi connectivity index (χ0n) is 12.6. The average Bonchev–Trinajstić information content (AvgIpc) is 2.50. The smallest absolute Gasteiger partial charge is 0.251 e. The summed E-state index contributed by atoms with van der Waals surface area (Å²) in [4.78, 5) is 11.9. The summed E-state index contributed by atoms with van der Waals surface area (Å²) in [5, 5.41) is 2.72. The minimum Gasteiger partial charge on any atom is -0.495 e. The van der Waals surface area contributed by atoms with E-state index in [-0.39, 0.29) is 34.5 Å². The maximum absolute atomic E-state index is 12.0. The number of nitrogens with two attached hydrogens (primary N) is 1. The summed E-state index contributed by atoms with van der Waals surface area (Å²) in [5.41, 5.74) is 5.63. The van der Waals surface area contributed by atoms with Gasteiger partial charge in [-0.15, -0.1) is 12.4 Å². The number of hydrogen-bond donors (Lipinski definition) is 3. The van der Waals surface area contributed by atoms with E-state index in [0.29, 0.717) is 13.1 Å². The Morgan fingerprint density at radius 3 is 2.55 bits per heavy atom. The van der Waals surface area contributed by atoms with Crippen molar-refractivity contribution in [2.75, 3.05) is 27.2 Å². The molecule has 0 aliphatic rings. The lowest BCUT2D eigenvalue weighted by Gasteiger charge is -2.11. The van der Waals surface area contributed by atoms with Gasteiger partial charge in [0.05, 0.1) is 7.11 Å². The molecule has 0 aromatic heterocycles. The first-order valence-electron chi connectivity index (χ1n) is 6.56. The van der Waals surface area contributed by atoms with Gasteiger partial charge in [-0.05, 0) is 44.6 Å². The van der Waals surface area contributed by atoms with E-state index in [0.717, 1.165) is 12.8 Å². The van der Waals surface area contributed by atoms with Gasteiger partial charge >= 0.3 is 0 Å². The molecule has 9 heteroatoms. The summed E-state index contributed by atoms with van der Waals surface area (Å²) in [6, 6.07) is 4.27. The molecule has 0 aliphatic heterocycles. The molecule has 0 spiro atoms. The number of rotatable bonds is 8. The number of halogens is 1. The molecular formula is C13H22ClN3O4S. The van der Waals surface area contributed by atoms with Gasteiger partial charge in [-0.1, -0.05) is 0 Å². The molecule has 0 saturated heterocycles. The first-order chi connectivity index (χ1) is 9.96. The van der Waals surface area contributed by atoms with Crippen molar-refractivity contribution < 1.29 is 17.9 Å². The fourth-order valence-electron chi connectivity index (χ4n) is 1.71. The van der Waals surface area contributed by atoms with Gasteiger partial charge in [0.15, 0.2) is 0 Å². The number of sulfonamides is 1. The number of nitrogens with one attached hydrogen (secondary N) is 2. The SMILES string of the molecule is CNS(=O)(=O)c1cc(C(=O)NCCCCN)ccc1OC.Cl. The van der Waals surface area contributed by atoms with Crippen LogP contribution in [0.4, 0.5) is 0 Å². The summed E-state index contributed by atoms with van der Waals surface area (Å²) in [6.45, 7) is 1.07. The predicted molar refractivity (Wildman–Crippen MR) is 87.1 cm³/mol. The van der Waals surface area contributed by atoms with Crippen LogP contribution in [0.15, 0.2) is 23.1 Å². The monoisotopic (exact) mass is 351 g/mol. The fourth-order valence-corrected chi connectivity index (χ4v) is 2.63. The molecule has 1 amide bonds. The van der Waals surface area contributed by atoms with Crippen LogP contribution < -0.4 is 20.5 Å². The quantitative estimate of drug-likeness (QED) is 0.590. The topological polar surface area (TPSA) is 111 Å². The zero-order valence-corrected chi connectivity index (χ0v) is 14.2. The molecule has 0 heterocycles. The van der Waals surface area contributed by atoms with Gasteiger partial charge in [0.1, 0.15) is 10.6 Å². The Labute approximate surface area is 137 Å². The maximum atomic E-state index is 12.0. The Morgan fingerprint density at radius 2 is 2.00 bits per heavy atom. The van der Waals surface area contributed by atoms with E-state index in [2.05, 4.69) is 10.0 Å².